The van der Waals surface area contributed by atoms with Crippen LogP contribution in [0.15, 0.2) is 30.3 Å². The Hall–Kier alpha value is -3.62. The number of anilines is 1. The number of carbonyl (C=O) groups is 2. The van der Waals surface area contributed by atoms with E-state index < -0.39 is 18.5 Å². The fourth-order valence-corrected chi connectivity index (χ4v) is 2.69. The predicted molar refractivity (Wildman–Crippen MR) is 102 cm³/mol. The van der Waals surface area contributed by atoms with E-state index in [0.29, 0.717) is 47.6 Å². The van der Waals surface area contributed by atoms with E-state index in [0.717, 1.165) is 0 Å². The quantitative estimate of drug-likeness (QED) is 0.703. The molecule has 1 amide bonds. The van der Waals surface area contributed by atoms with Gasteiger partial charge in [-0.3, -0.25) is 4.79 Å². The summed E-state index contributed by atoms with van der Waals surface area (Å²) in [5.74, 6) is 0.944. The van der Waals surface area contributed by atoms with Crippen molar-refractivity contribution in [1.82, 2.24) is 0 Å². The third kappa shape index (κ3) is 4.63. The summed E-state index contributed by atoms with van der Waals surface area (Å²) in [6.45, 7) is 0.272. The van der Waals surface area contributed by atoms with Gasteiger partial charge in [0.15, 0.2) is 18.1 Å². The number of methoxy groups -OCH3 is 3. The maximum Gasteiger partial charge on any atom is 0.338 e. The van der Waals surface area contributed by atoms with E-state index in [1.165, 1.54) is 33.5 Å². The molecule has 1 aliphatic rings. The number of carbonyl (C=O) groups excluding carboxylic acids is 2. The molecule has 0 atom stereocenters. The number of ether oxygens (including phenoxy) is 6. The molecule has 0 aliphatic carbocycles. The Morgan fingerprint density at radius 2 is 1.72 bits per heavy atom. The SMILES string of the molecule is COc1ccc(NC(=O)COC(=O)c2cc(OC)c3c(c2)OCCO3)c(OC)c1. The molecule has 1 N–H and O–H groups in total. The van der Waals surface area contributed by atoms with Crippen LogP contribution in [0.25, 0.3) is 0 Å². The minimum Gasteiger partial charge on any atom is -0.497 e. The maximum absolute atomic E-state index is 12.4. The normalized spacial score (nSPS) is 12.0. The van der Waals surface area contributed by atoms with E-state index in [9.17, 15) is 9.59 Å². The Morgan fingerprint density at radius 1 is 0.966 bits per heavy atom. The van der Waals surface area contributed by atoms with Gasteiger partial charge >= 0.3 is 5.97 Å². The van der Waals surface area contributed by atoms with E-state index in [2.05, 4.69) is 5.32 Å². The second-order valence-electron chi connectivity index (χ2n) is 5.89. The third-order valence-electron chi connectivity index (χ3n) is 4.08. The van der Waals surface area contributed by atoms with Gasteiger partial charge in [-0.15, -0.1) is 0 Å². The van der Waals surface area contributed by atoms with E-state index >= 15 is 0 Å². The molecular formula is C20H21NO8. The van der Waals surface area contributed by atoms with Crippen LogP contribution in [0.5, 0.6) is 28.7 Å². The molecule has 3 rings (SSSR count). The minimum absolute atomic E-state index is 0.181. The lowest BCUT2D eigenvalue weighted by atomic mass is 10.1. The molecule has 2 aromatic rings. The molecule has 2 aromatic carbocycles. The zero-order valence-corrected chi connectivity index (χ0v) is 16.3. The number of amides is 1. The summed E-state index contributed by atoms with van der Waals surface area (Å²) in [6, 6.07) is 7.89. The van der Waals surface area contributed by atoms with Crippen LogP contribution in [0.4, 0.5) is 5.69 Å². The lowest BCUT2D eigenvalue weighted by molar-refractivity contribution is -0.119. The zero-order valence-electron chi connectivity index (χ0n) is 16.3. The van der Waals surface area contributed by atoms with Gasteiger partial charge in [0, 0.05) is 6.07 Å². The first-order valence-corrected chi connectivity index (χ1v) is 8.72. The minimum atomic E-state index is -0.697. The van der Waals surface area contributed by atoms with Gasteiger partial charge in [-0.2, -0.15) is 0 Å². The largest absolute Gasteiger partial charge is 0.497 e. The number of esters is 1. The highest BCUT2D eigenvalue weighted by Gasteiger charge is 2.22. The second kappa shape index (κ2) is 9.05. The zero-order chi connectivity index (χ0) is 20.8. The van der Waals surface area contributed by atoms with Crippen molar-refractivity contribution in [3.05, 3.63) is 35.9 Å². The van der Waals surface area contributed by atoms with Gasteiger partial charge in [-0.25, -0.2) is 4.79 Å². The second-order valence-corrected chi connectivity index (χ2v) is 5.89. The van der Waals surface area contributed by atoms with Gasteiger partial charge in [0.2, 0.25) is 5.75 Å². The smallest absolute Gasteiger partial charge is 0.338 e. The first-order chi connectivity index (χ1) is 14.0. The summed E-state index contributed by atoms with van der Waals surface area (Å²) in [5, 5.41) is 2.63. The van der Waals surface area contributed by atoms with E-state index in [1.54, 1.807) is 18.2 Å². The number of hydrogen-bond acceptors (Lipinski definition) is 8. The van der Waals surface area contributed by atoms with Crippen molar-refractivity contribution in [3.8, 4) is 28.7 Å². The third-order valence-corrected chi connectivity index (χ3v) is 4.08. The van der Waals surface area contributed by atoms with Crippen LogP contribution >= 0.6 is 0 Å². The monoisotopic (exact) mass is 403 g/mol. The molecule has 1 aliphatic heterocycles. The van der Waals surface area contributed by atoms with Gasteiger partial charge in [-0.05, 0) is 24.3 Å². The highest BCUT2D eigenvalue weighted by Crippen LogP contribution is 2.40. The van der Waals surface area contributed by atoms with Crippen molar-refractivity contribution in [2.45, 2.75) is 0 Å². The van der Waals surface area contributed by atoms with Crippen LogP contribution in [-0.2, 0) is 9.53 Å². The van der Waals surface area contributed by atoms with Crippen molar-refractivity contribution in [1.29, 1.82) is 0 Å². The molecule has 1 heterocycles. The molecule has 154 valence electrons. The van der Waals surface area contributed by atoms with Crippen LogP contribution in [0.2, 0.25) is 0 Å². The predicted octanol–water partition coefficient (Wildman–Crippen LogP) is 2.28. The highest BCUT2D eigenvalue weighted by molar-refractivity contribution is 5.97. The highest BCUT2D eigenvalue weighted by atomic mass is 16.6. The Morgan fingerprint density at radius 3 is 2.45 bits per heavy atom. The number of fused-ring (bicyclic) bond motifs is 1. The van der Waals surface area contributed by atoms with Crippen molar-refractivity contribution in [2.24, 2.45) is 0 Å². The lowest BCUT2D eigenvalue weighted by Crippen LogP contribution is -2.21. The number of benzene rings is 2. The molecule has 0 fully saturated rings. The number of nitrogens with one attached hydrogen (secondary N) is 1. The van der Waals surface area contributed by atoms with Crippen molar-refractivity contribution < 1.29 is 38.0 Å². The molecule has 0 saturated carbocycles. The van der Waals surface area contributed by atoms with Crippen LogP contribution in [0.3, 0.4) is 0 Å². The lowest BCUT2D eigenvalue weighted by Gasteiger charge is -2.21. The first-order valence-electron chi connectivity index (χ1n) is 8.72. The molecule has 9 nitrogen and oxygen atoms in total. The van der Waals surface area contributed by atoms with Gasteiger partial charge in [0.25, 0.3) is 5.91 Å². The molecule has 0 spiro atoms. The summed E-state index contributed by atoms with van der Waals surface area (Å²) < 4.78 is 31.7. The standard InChI is InChI=1S/C20H21NO8/c1-24-13-4-5-14(15(10-13)25-2)21-18(22)11-29-20(23)12-8-16(26-3)19-17(9-12)27-6-7-28-19/h4-5,8-10H,6-7,11H2,1-3H3,(H,21,22). The molecule has 0 saturated heterocycles. The first kappa shape index (κ1) is 20.1. The molecule has 0 unspecified atom stereocenters. The maximum atomic E-state index is 12.4. The van der Waals surface area contributed by atoms with Gasteiger partial charge < -0.3 is 33.7 Å². The topological polar surface area (TPSA) is 102 Å². The molecule has 29 heavy (non-hydrogen) atoms. The summed E-state index contributed by atoms with van der Waals surface area (Å²) in [7, 11) is 4.46. The van der Waals surface area contributed by atoms with Crippen LogP contribution in [0.1, 0.15) is 10.4 Å². The number of hydrogen-bond donors (Lipinski definition) is 1. The summed E-state index contributed by atoms with van der Waals surface area (Å²) in [4.78, 5) is 24.5. The Kier molecular flexibility index (Phi) is 6.28. The Balaban J connectivity index is 1.64. The van der Waals surface area contributed by atoms with Gasteiger partial charge in [-0.1, -0.05) is 0 Å². The average Bonchev–Trinajstić information content (AvgIpc) is 2.76. The van der Waals surface area contributed by atoms with Crippen LogP contribution < -0.4 is 29.0 Å². The summed E-state index contributed by atoms with van der Waals surface area (Å²) >= 11 is 0. The molecule has 0 radical (unpaired) electrons. The van der Waals surface area contributed by atoms with Gasteiger partial charge in [0.1, 0.15) is 24.7 Å². The van der Waals surface area contributed by atoms with Gasteiger partial charge in [0.05, 0.1) is 32.6 Å². The van der Waals surface area contributed by atoms with Crippen molar-refractivity contribution >= 4 is 17.6 Å². The molecule has 0 aromatic heterocycles. The van der Waals surface area contributed by atoms with Crippen molar-refractivity contribution in [2.75, 3.05) is 46.5 Å². The Labute approximate surface area is 167 Å². The molecular weight excluding hydrogens is 382 g/mol. The average molecular weight is 403 g/mol. The summed E-state index contributed by atoms with van der Waals surface area (Å²) in [6.07, 6.45) is 0. The summed E-state index contributed by atoms with van der Waals surface area (Å²) in [5.41, 5.74) is 0.608. The fourth-order valence-electron chi connectivity index (χ4n) is 2.69. The van der Waals surface area contributed by atoms with Crippen LogP contribution in [0, 0.1) is 0 Å². The molecule has 9 heteroatoms. The van der Waals surface area contributed by atoms with Crippen LogP contribution in [-0.4, -0.2) is 53.0 Å². The fraction of sp³-hybridized carbons (Fsp3) is 0.300. The van der Waals surface area contributed by atoms with E-state index in [4.69, 9.17) is 28.4 Å². The van der Waals surface area contributed by atoms with E-state index in [-0.39, 0.29) is 5.56 Å². The Bertz CT molecular complexity index is 894. The van der Waals surface area contributed by atoms with Crippen molar-refractivity contribution in [3.63, 3.8) is 0 Å². The number of rotatable bonds is 7. The molecule has 0 bridgehead atoms. The van der Waals surface area contributed by atoms with E-state index in [1.807, 2.05) is 0 Å².